The van der Waals surface area contributed by atoms with Gasteiger partial charge in [0.05, 0.1) is 13.7 Å². The van der Waals surface area contributed by atoms with Crippen LogP contribution in [0.25, 0.3) is 11.4 Å². The largest absolute Gasteiger partial charge is 0.493 e. The Balaban J connectivity index is 1.83. The molecular formula is C12H14N8O2. The number of methoxy groups -OCH3 is 1. The Bertz CT molecular complexity index is 739. The zero-order valence-electron chi connectivity index (χ0n) is 12.1. The van der Waals surface area contributed by atoms with Crippen molar-refractivity contribution in [2.75, 3.05) is 13.7 Å². The lowest BCUT2D eigenvalue weighted by Gasteiger charge is -2.09. The minimum atomic E-state index is 0.289. The summed E-state index contributed by atoms with van der Waals surface area (Å²) in [6, 6.07) is 5.47. The summed E-state index contributed by atoms with van der Waals surface area (Å²) in [6.45, 7) is 2.77. The fourth-order valence-corrected chi connectivity index (χ4v) is 1.88. The Labute approximate surface area is 125 Å². The first kappa shape index (κ1) is 13.9. The highest BCUT2D eigenvalue weighted by molar-refractivity contribution is 5.60. The summed E-state index contributed by atoms with van der Waals surface area (Å²) >= 11 is 0. The van der Waals surface area contributed by atoms with E-state index in [1.165, 1.54) is 4.80 Å². The van der Waals surface area contributed by atoms with Gasteiger partial charge < -0.3 is 9.47 Å². The molecule has 0 atom stereocenters. The number of benzene rings is 1. The molecule has 0 saturated carbocycles. The lowest BCUT2D eigenvalue weighted by atomic mass is 10.2. The van der Waals surface area contributed by atoms with E-state index in [2.05, 4.69) is 36.0 Å². The van der Waals surface area contributed by atoms with E-state index in [-0.39, 0.29) is 6.54 Å². The molecule has 1 N–H and O–H groups in total. The summed E-state index contributed by atoms with van der Waals surface area (Å²) in [4.78, 5) is 1.39. The number of hydrogen-bond donors (Lipinski definition) is 1. The topological polar surface area (TPSA) is 117 Å². The number of ether oxygens (including phenoxy) is 2. The van der Waals surface area contributed by atoms with E-state index in [0.29, 0.717) is 29.8 Å². The maximum Gasteiger partial charge on any atom is 0.205 e. The smallest absolute Gasteiger partial charge is 0.205 e. The minimum absolute atomic E-state index is 0.289. The van der Waals surface area contributed by atoms with Gasteiger partial charge in [-0.15, -0.1) is 20.4 Å². The van der Waals surface area contributed by atoms with Crippen LogP contribution >= 0.6 is 0 Å². The first-order chi connectivity index (χ1) is 10.8. The van der Waals surface area contributed by atoms with Gasteiger partial charge in [-0.25, -0.2) is 0 Å². The Morgan fingerprint density at radius 1 is 1.23 bits per heavy atom. The van der Waals surface area contributed by atoms with E-state index in [9.17, 15) is 0 Å². The van der Waals surface area contributed by atoms with E-state index in [4.69, 9.17) is 9.47 Å². The Kier molecular flexibility index (Phi) is 3.90. The van der Waals surface area contributed by atoms with Crippen LogP contribution in [0.5, 0.6) is 11.5 Å². The van der Waals surface area contributed by atoms with Crippen LogP contribution in [0.4, 0.5) is 0 Å². The normalized spacial score (nSPS) is 10.6. The van der Waals surface area contributed by atoms with Gasteiger partial charge in [-0.3, -0.25) is 0 Å². The number of tetrazole rings is 2. The van der Waals surface area contributed by atoms with Gasteiger partial charge >= 0.3 is 0 Å². The Morgan fingerprint density at radius 2 is 2.14 bits per heavy atom. The summed E-state index contributed by atoms with van der Waals surface area (Å²) in [5, 5.41) is 25.8. The van der Waals surface area contributed by atoms with Crippen LogP contribution < -0.4 is 9.47 Å². The molecule has 10 heteroatoms. The van der Waals surface area contributed by atoms with Crippen LogP contribution in [0.3, 0.4) is 0 Å². The second-order valence-corrected chi connectivity index (χ2v) is 4.27. The number of nitrogens with zero attached hydrogens (tertiary/aromatic N) is 7. The van der Waals surface area contributed by atoms with Gasteiger partial charge in [0.2, 0.25) is 5.82 Å². The van der Waals surface area contributed by atoms with Crippen LogP contribution in [0.15, 0.2) is 18.2 Å². The lowest BCUT2D eigenvalue weighted by molar-refractivity contribution is 0.311. The molecule has 3 rings (SSSR count). The van der Waals surface area contributed by atoms with Crippen LogP contribution in [0.1, 0.15) is 12.7 Å². The van der Waals surface area contributed by atoms with Crippen LogP contribution in [-0.4, -0.2) is 54.5 Å². The third kappa shape index (κ3) is 2.85. The average molecular weight is 302 g/mol. The first-order valence-corrected chi connectivity index (χ1v) is 6.61. The highest BCUT2D eigenvalue weighted by Gasteiger charge is 2.12. The number of aromatic nitrogens is 8. The van der Waals surface area contributed by atoms with Crippen molar-refractivity contribution in [2.45, 2.75) is 13.5 Å². The monoisotopic (exact) mass is 302 g/mol. The first-order valence-electron chi connectivity index (χ1n) is 6.61. The lowest BCUT2D eigenvalue weighted by Crippen LogP contribution is -2.05. The summed E-state index contributed by atoms with van der Waals surface area (Å²) in [5.74, 6) is 2.25. The van der Waals surface area contributed by atoms with Gasteiger partial charge in [-0.1, -0.05) is 5.21 Å². The maximum atomic E-state index is 5.48. The molecule has 22 heavy (non-hydrogen) atoms. The summed E-state index contributed by atoms with van der Waals surface area (Å²) in [6.07, 6.45) is 0. The predicted octanol–water partition coefficient (Wildman–Crippen LogP) is 0.309. The van der Waals surface area contributed by atoms with Crippen molar-refractivity contribution in [3.05, 3.63) is 24.0 Å². The molecule has 10 nitrogen and oxygen atoms in total. The summed E-state index contributed by atoms with van der Waals surface area (Å²) in [7, 11) is 1.59. The molecule has 0 aliphatic carbocycles. The molecule has 0 aliphatic rings. The number of hydrogen-bond acceptors (Lipinski definition) is 8. The van der Waals surface area contributed by atoms with Crippen molar-refractivity contribution in [1.82, 2.24) is 40.8 Å². The summed E-state index contributed by atoms with van der Waals surface area (Å²) < 4.78 is 10.8. The third-order valence-corrected chi connectivity index (χ3v) is 2.85. The standard InChI is InChI=1S/C12H14N8O2/c1-3-22-9-5-4-8(6-10(9)21-2)12-15-19-20(16-12)7-11-13-17-18-14-11/h4-6H,3,7H2,1-2H3,(H,13,14,17,18). The summed E-state index contributed by atoms with van der Waals surface area (Å²) in [5.41, 5.74) is 0.777. The van der Waals surface area contributed by atoms with Crippen molar-refractivity contribution in [2.24, 2.45) is 0 Å². The molecular weight excluding hydrogens is 288 g/mol. The molecule has 2 aromatic heterocycles. The number of rotatable bonds is 6. The molecule has 114 valence electrons. The van der Waals surface area contributed by atoms with Gasteiger partial charge in [0.15, 0.2) is 17.3 Å². The molecule has 0 bridgehead atoms. The quantitative estimate of drug-likeness (QED) is 0.691. The zero-order valence-corrected chi connectivity index (χ0v) is 12.1. The maximum absolute atomic E-state index is 5.48. The Morgan fingerprint density at radius 3 is 2.86 bits per heavy atom. The molecule has 0 aliphatic heterocycles. The van der Waals surface area contributed by atoms with Gasteiger partial charge in [0.1, 0.15) is 6.54 Å². The minimum Gasteiger partial charge on any atom is -0.493 e. The third-order valence-electron chi connectivity index (χ3n) is 2.85. The second kappa shape index (κ2) is 6.16. The van der Waals surface area contributed by atoms with Crippen molar-refractivity contribution in [3.8, 4) is 22.9 Å². The van der Waals surface area contributed by atoms with E-state index < -0.39 is 0 Å². The molecule has 0 radical (unpaired) electrons. The van der Waals surface area contributed by atoms with E-state index >= 15 is 0 Å². The fourth-order valence-electron chi connectivity index (χ4n) is 1.88. The average Bonchev–Trinajstić information content (AvgIpc) is 3.20. The van der Waals surface area contributed by atoms with Gasteiger partial charge in [-0.2, -0.15) is 10.0 Å². The Hall–Kier alpha value is -3.04. The van der Waals surface area contributed by atoms with Crippen molar-refractivity contribution in [3.63, 3.8) is 0 Å². The van der Waals surface area contributed by atoms with Gasteiger partial charge in [0, 0.05) is 5.56 Å². The highest BCUT2D eigenvalue weighted by atomic mass is 16.5. The molecule has 0 unspecified atom stereocenters. The van der Waals surface area contributed by atoms with Crippen LogP contribution in [-0.2, 0) is 6.54 Å². The molecule has 0 amide bonds. The molecule has 3 aromatic rings. The van der Waals surface area contributed by atoms with Gasteiger partial charge in [-0.05, 0) is 30.3 Å². The molecule has 0 saturated heterocycles. The van der Waals surface area contributed by atoms with Gasteiger partial charge in [0.25, 0.3) is 0 Å². The fraction of sp³-hybridized carbons (Fsp3) is 0.333. The predicted molar refractivity (Wildman–Crippen MR) is 74.3 cm³/mol. The zero-order chi connectivity index (χ0) is 15.4. The molecule has 0 fully saturated rings. The van der Waals surface area contributed by atoms with Crippen molar-refractivity contribution < 1.29 is 9.47 Å². The van der Waals surface area contributed by atoms with Crippen LogP contribution in [0, 0.1) is 0 Å². The van der Waals surface area contributed by atoms with E-state index in [0.717, 1.165) is 5.56 Å². The molecule has 2 heterocycles. The van der Waals surface area contributed by atoms with E-state index in [1.54, 1.807) is 13.2 Å². The number of aromatic amines is 1. The second-order valence-electron chi connectivity index (χ2n) is 4.27. The van der Waals surface area contributed by atoms with Crippen molar-refractivity contribution >= 4 is 0 Å². The number of nitrogens with one attached hydrogen (secondary N) is 1. The van der Waals surface area contributed by atoms with Crippen molar-refractivity contribution in [1.29, 1.82) is 0 Å². The molecule has 0 spiro atoms. The molecule has 1 aromatic carbocycles. The number of H-pyrrole nitrogens is 1. The van der Waals surface area contributed by atoms with Crippen LogP contribution in [0.2, 0.25) is 0 Å². The highest BCUT2D eigenvalue weighted by Crippen LogP contribution is 2.31. The van der Waals surface area contributed by atoms with E-state index in [1.807, 2.05) is 19.1 Å². The SMILES string of the molecule is CCOc1ccc(-c2nnn(Cc3nn[nH]n3)n2)cc1OC.